The number of sulfone groups is 1. The Bertz CT molecular complexity index is 915. The van der Waals surface area contributed by atoms with Gasteiger partial charge >= 0.3 is 5.51 Å². The van der Waals surface area contributed by atoms with Crippen LogP contribution in [0, 0.1) is 0 Å². The summed E-state index contributed by atoms with van der Waals surface area (Å²) in [6, 6.07) is 12.9. The van der Waals surface area contributed by atoms with Crippen LogP contribution in [-0.2, 0) is 9.84 Å². The fraction of sp³-hybridized carbons (Fsp3) is 0.368. The predicted molar refractivity (Wildman–Crippen MR) is 102 cm³/mol. The molecule has 28 heavy (non-hydrogen) atoms. The van der Waals surface area contributed by atoms with Gasteiger partial charge in [0.05, 0.1) is 17.7 Å². The minimum Gasteiger partial charge on any atom is -0.497 e. The molecule has 1 fully saturated rings. The molecule has 1 heterocycles. The van der Waals surface area contributed by atoms with Crippen LogP contribution in [0.1, 0.15) is 6.42 Å². The van der Waals surface area contributed by atoms with Gasteiger partial charge in [0.15, 0.2) is 0 Å². The molecule has 2 aromatic carbocycles. The van der Waals surface area contributed by atoms with Crippen LogP contribution in [0.3, 0.4) is 0 Å². The maximum atomic E-state index is 13.1. The highest BCUT2D eigenvalue weighted by Crippen LogP contribution is 2.36. The number of halogens is 3. The average Bonchev–Trinajstić information content (AvgIpc) is 2.93. The van der Waals surface area contributed by atoms with Crippen molar-refractivity contribution in [3.63, 3.8) is 0 Å². The number of ether oxygens (including phenoxy) is 1. The molecule has 0 aliphatic carbocycles. The SMILES string of the molecule is COc1ccc(N2CCCN(c3ccccc3S(=O)(=O)C(F)(F)F)CC2)cc1. The highest BCUT2D eigenvalue weighted by Gasteiger charge is 2.48. The van der Waals surface area contributed by atoms with Gasteiger partial charge in [0.2, 0.25) is 0 Å². The number of anilines is 2. The van der Waals surface area contributed by atoms with Crippen LogP contribution in [-0.4, -0.2) is 47.2 Å². The Kier molecular flexibility index (Phi) is 5.74. The van der Waals surface area contributed by atoms with Crippen LogP contribution in [0.15, 0.2) is 53.4 Å². The van der Waals surface area contributed by atoms with Gasteiger partial charge in [-0.2, -0.15) is 13.2 Å². The quantitative estimate of drug-likeness (QED) is 0.764. The number of para-hydroxylation sites is 1. The lowest BCUT2D eigenvalue weighted by Gasteiger charge is -2.26. The van der Waals surface area contributed by atoms with E-state index < -0.39 is 20.2 Å². The van der Waals surface area contributed by atoms with Crippen LogP contribution in [0.4, 0.5) is 24.5 Å². The van der Waals surface area contributed by atoms with Crippen LogP contribution >= 0.6 is 0 Å². The fourth-order valence-corrected chi connectivity index (χ4v) is 4.26. The van der Waals surface area contributed by atoms with Crippen LogP contribution in [0.25, 0.3) is 0 Å². The lowest BCUT2D eigenvalue weighted by molar-refractivity contribution is -0.0435. The molecule has 1 aliphatic heterocycles. The van der Waals surface area contributed by atoms with E-state index in [1.807, 2.05) is 24.3 Å². The van der Waals surface area contributed by atoms with Crippen molar-refractivity contribution in [2.24, 2.45) is 0 Å². The Morgan fingerprint density at radius 3 is 2.14 bits per heavy atom. The second-order valence-electron chi connectivity index (χ2n) is 6.44. The maximum absolute atomic E-state index is 13.1. The molecule has 3 rings (SSSR count). The van der Waals surface area contributed by atoms with Crippen LogP contribution in [0.2, 0.25) is 0 Å². The molecule has 0 N–H and O–H groups in total. The Labute approximate surface area is 162 Å². The molecule has 0 unspecified atom stereocenters. The van der Waals surface area contributed by atoms with E-state index in [1.54, 1.807) is 18.1 Å². The van der Waals surface area contributed by atoms with Gasteiger partial charge in [-0.15, -0.1) is 0 Å². The third-order valence-electron chi connectivity index (χ3n) is 4.73. The summed E-state index contributed by atoms with van der Waals surface area (Å²) in [6.45, 7) is 2.16. The van der Waals surface area contributed by atoms with Crippen molar-refractivity contribution in [2.45, 2.75) is 16.8 Å². The Hall–Kier alpha value is -2.42. The van der Waals surface area contributed by atoms with E-state index in [1.165, 1.54) is 12.1 Å². The first kappa shape index (κ1) is 20.3. The second-order valence-corrected chi connectivity index (χ2v) is 8.35. The average molecular weight is 414 g/mol. The van der Waals surface area contributed by atoms with Crippen molar-refractivity contribution in [1.29, 1.82) is 0 Å². The van der Waals surface area contributed by atoms with E-state index >= 15 is 0 Å². The third kappa shape index (κ3) is 4.04. The monoisotopic (exact) mass is 414 g/mol. The van der Waals surface area contributed by atoms with E-state index in [-0.39, 0.29) is 5.69 Å². The van der Waals surface area contributed by atoms with Gasteiger partial charge in [-0.1, -0.05) is 12.1 Å². The summed E-state index contributed by atoms with van der Waals surface area (Å²) in [5.74, 6) is 0.742. The lowest BCUT2D eigenvalue weighted by Crippen LogP contribution is -2.32. The molecule has 152 valence electrons. The van der Waals surface area contributed by atoms with Crippen molar-refractivity contribution in [3.05, 3.63) is 48.5 Å². The molecule has 1 aliphatic rings. The van der Waals surface area contributed by atoms with Crippen LogP contribution < -0.4 is 14.5 Å². The summed E-state index contributed by atoms with van der Waals surface area (Å²) in [4.78, 5) is 3.14. The first-order valence-electron chi connectivity index (χ1n) is 8.78. The number of hydrogen-bond acceptors (Lipinski definition) is 5. The molecule has 0 radical (unpaired) electrons. The highest BCUT2D eigenvalue weighted by molar-refractivity contribution is 7.92. The smallest absolute Gasteiger partial charge is 0.497 e. The molecule has 0 atom stereocenters. The first-order chi connectivity index (χ1) is 13.2. The Morgan fingerprint density at radius 2 is 1.50 bits per heavy atom. The molecule has 2 aromatic rings. The number of rotatable bonds is 4. The molecule has 1 saturated heterocycles. The second kappa shape index (κ2) is 7.90. The lowest BCUT2D eigenvalue weighted by atomic mass is 10.2. The normalized spacial score (nSPS) is 16.0. The van der Waals surface area contributed by atoms with Gasteiger partial charge in [-0.3, -0.25) is 0 Å². The summed E-state index contributed by atoms with van der Waals surface area (Å²) in [7, 11) is -3.82. The molecule has 0 aromatic heterocycles. The molecule has 5 nitrogen and oxygen atoms in total. The van der Waals surface area contributed by atoms with E-state index in [2.05, 4.69) is 4.90 Å². The van der Waals surface area contributed by atoms with Crippen molar-refractivity contribution in [2.75, 3.05) is 43.1 Å². The topological polar surface area (TPSA) is 49.9 Å². The van der Waals surface area contributed by atoms with Gasteiger partial charge in [-0.05, 0) is 42.8 Å². The number of methoxy groups -OCH3 is 1. The standard InChI is InChI=1S/C19H21F3N2O3S/c1-27-16-9-7-15(8-10-16)23-11-4-12-24(14-13-23)17-5-2-3-6-18(17)28(25,26)19(20,21)22/h2-3,5-10H,4,11-14H2,1H3. The Balaban J connectivity index is 1.83. The van der Waals surface area contributed by atoms with Gasteiger partial charge in [-0.25, -0.2) is 8.42 Å². The summed E-state index contributed by atoms with van der Waals surface area (Å²) in [5.41, 5.74) is -4.25. The number of nitrogens with zero attached hydrogens (tertiary/aromatic N) is 2. The zero-order chi connectivity index (χ0) is 20.4. The molecule has 0 amide bonds. The Morgan fingerprint density at radius 1 is 0.893 bits per heavy atom. The minimum atomic E-state index is -5.41. The highest BCUT2D eigenvalue weighted by atomic mass is 32.2. The van der Waals surface area contributed by atoms with E-state index in [0.29, 0.717) is 26.1 Å². The van der Waals surface area contributed by atoms with Crippen molar-refractivity contribution in [1.82, 2.24) is 0 Å². The van der Waals surface area contributed by atoms with Gasteiger partial charge in [0.1, 0.15) is 5.75 Å². The van der Waals surface area contributed by atoms with Gasteiger partial charge < -0.3 is 14.5 Å². The van der Waals surface area contributed by atoms with E-state index in [9.17, 15) is 21.6 Å². The number of benzene rings is 2. The molecule has 0 spiro atoms. The van der Waals surface area contributed by atoms with Gasteiger partial charge in [0.25, 0.3) is 9.84 Å². The predicted octanol–water partition coefficient (Wildman–Crippen LogP) is 3.71. The molecular weight excluding hydrogens is 393 g/mol. The largest absolute Gasteiger partial charge is 0.501 e. The van der Waals surface area contributed by atoms with Crippen molar-refractivity contribution in [3.8, 4) is 5.75 Å². The minimum absolute atomic E-state index is 0.0939. The van der Waals surface area contributed by atoms with Crippen molar-refractivity contribution >= 4 is 21.2 Å². The zero-order valence-electron chi connectivity index (χ0n) is 15.3. The summed E-state index contributed by atoms with van der Waals surface area (Å²) < 4.78 is 68.3. The molecule has 9 heteroatoms. The van der Waals surface area contributed by atoms with E-state index in [4.69, 9.17) is 4.74 Å². The first-order valence-corrected chi connectivity index (χ1v) is 10.3. The van der Waals surface area contributed by atoms with Crippen LogP contribution in [0.5, 0.6) is 5.75 Å². The fourth-order valence-electron chi connectivity index (χ4n) is 3.28. The summed E-state index contributed by atoms with van der Waals surface area (Å²) in [6.07, 6.45) is 0.687. The third-order valence-corrected chi connectivity index (χ3v) is 6.27. The van der Waals surface area contributed by atoms with E-state index in [0.717, 1.165) is 24.0 Å². The summed E-state index contributed by atoms with van der Waals surface area (Å²) in [5, 5.41) is 0. The van der Waals surface area contributed by atoms with Crippen molar-refractivity contribution < 1.29 is 26.3 Å². The van der Waals surface area contributed by atoms with Gasteiger partial charge in [0, 0.05) is 31.9 Å². The molecular formula is C19H21F3N2O3S. The maximum Gasteiger partial charge on any atom is 0.501 e. The number of alkyl halides is 3. The molecule has 0 bridgehead atoms. The summed E-state index contributed by atoms with van der Waals surface area (Å²) >= 11 is 0. The number of hydrogen-bond donors (Lipinski definition) is 0. The zero-order valence-corrected chi connectivity index (χ0v) is 16.1. The molecule has 0 saturated carbocycles.